The van der Waals surface area contributed by atoms with Gasteiger partial charge in [0.15, 0.2) is 8.32 Å². The molecule has 0 bridgehead atoms. The third-order valence-corrected chi connectivity index (χ3v) is 11.1. The third-order valence-electron chi connectivity index (χ3n) is 6.53. The van der Waals surface area contributed by atoms with Crippen LogP contribution in [0.2, 0.25) is 18.1 Å². The average Bonchev–Trinajstić information content (AvgIpc) is 2.73. The van der Waals surface area contributed by atoms with E-state index in [1.54, 1.807) is 9.80 Å². The highest BCUT2D eigenvalue weighted by Gasteiger charge is 2.38. The fourth-order valence-corrected chi connectivity index (χ4v) is 4.58. The van der Waals surface area contributed by atoms with E-state index in [0.717, 1.165) is 18.4 Å². The van der Waals surface area contributed by atoms with Gasteiger partial charge in [0.2, 0.25) is 0 Å². The fourth-order valence-electron chi connectivity index (χ4n) is 3.54. The van der Waals surface area contributed by atoms with Gasteiger partial charge in [0.25, 0.3) is 0 Å². The van der Waals surface area contributed by atoms with E-state index >= 15 is 0 Å². The number of carbonyl (C=O) groups excluding carboxylic acids is 2. The van der Waals surface area contributed by atoms with Crippen LogP contribution in [0.25, 0.3) is 0 Å². The second kappa shape index (κ2) is 11.6. The molecule has 1 saturated heterocycles. The van der Waals surface area contributed by atoms with Crippen molar-refractivity contribution in [3.8, 4) is 0 Å². The minimum absolute atomic E-state index is 0.0912. The fraction of sp³-hybridized carbons (Fsp3) is 0.692. The molecule has 2 rings (SSSR count). The minimum Gasteiger partial charge on any atom is -0.445 e. The van der Waals surface area contributed by atoms with Crippen LogP contribution < -0.4 is 0 Å². The molecule has 2 amide bonds. The van der Waals surface area contributed by atoms with Crippen molar-refractivity contribution in [3.05, 3.63) is 35.9 Å². The summed E-state index contributed by atoms with van der Waals surface area (Å²) in [4.78, 5) is 29.3. The van der Waals surface area contributed by atoms with Gasteiger partial charge in [-0.1, -0.05) is 51.1 Å². The van der Waals surface area contributed by atoms with E-state index in [2.05, 4.69) is 33.9 Å². The summed E-state index contributed by atoms with van der Waals surface area (Å²) >= 11 is 0. The summed E-state index contributed by atoms with van der Waals surface area (Å²) in [6.45, 7) is 18.8. The first-order valence-electron chi connectivity index (χ1n) is 12.3. The lowest BCUT2D eigenvalue weighted by Gasteiger charge is -2.40. The standard InChI is InChI=1S/C26H44N2O5Si/c1-25(2,3)33-24(30)28(17-18-32-34(7,8)26(4,5)6)22-15-12-16-27(19-22)23(29)31-20-21-13-10-9-11-14-21/h9-11,13-14,22H,12,15-20H2,1-8H3/t22-/m1/s1. The van der Waals surface area contributed by atoms with E-state index in [0.29, 0.717) is 26.2 Å². The molecule has 8 heteroatoms. The Morgan fingerprint density at radius 3 is 2.32 bits per heavy atom. The number of piperidine rings is 1. The summed E-state index contributed by atoms with van der Waals surface area (Å²) in [7, 11) is -1.94. The predicted molar refractivity (Wildman–Crippen MR) is 137 cm³/mol. The number of nitrogens with zero attached hydrogens (tertiary/aromatic N) is 2. The van der Waals surface area contributed by atoms with E-state index in [1.807, 2.05) is 51.1 Å². The van der Waals surface area contributed by atoms with Crippen molar-refractivity contribution < 1.29 is 23.5 Å². The third kappa shape index (κ3) is 8.62. The number of rotatable bonds is 7. The Morgan fingerprint density at radius 2 is 1.74 bits per heavy atom. The maximum atomic E-state index is 13.1. The van der Waals surface area contributed by atoms with Crippen molar-refractivity contribution in [3.63, 3.8) is 0 Å². The summed E-state index contributed by atoms with van der Waals surface area (Å²) in [6, 6.07) is 9.49. The van der Waals surface area contributed by atoms with Gasteiger partial charge >= 0.3 is 12.2 Å². The zero-order valence-corrected chi connectivity index (χ0v) is 23.3. The van der Waals surface area contributed by atoms with Crippen LogP contribution in [0.1, 0.15) is 59.9 Å². The van der Waals surface area contributed by atoms with E-state index in [9.17, 15) is 9.59 Å². The zero-order valence-electron chi connectivity index (χ0n) is 22.3. The molecule has 1 atom stereocenters. The normalized spacial score (nSPS) is 17.3. The lowest BCUT2D eigenvalue weighted by molar-refractivity contribution is 0.00143. The largest absolute Gasteiger partial charge is 0.445 e. The highest BCUT2D eigenvalue weighted by Crippen LogP contribution is 2.36. The second-order valence-electron chi connectivity index (χ2n) is 11.6. The van der Waals surface area contributed by atoms with Gasteiger partial charge in [-0.2, -0.15) is 0 Å². The Labute approximate surface area is 206 Å². The Balaban J connectivity index is 2.04. The van der Waals surface area contributed by atoms with Crippen LogP contribution in [0.15, 0.2) is 30.3 Å². The van der Waals surface area contributed by atoms with Crippen molar-refractivity contribution >= 4 is 20.5 Å². The molecular formula is C26H44N2O5Si. The lowest BCUT2D eigenvalue weighted by atomic mass is 10.0. The molecule has 0 aliphatic carbocycles. The molecule has 0 N–H and O–H groups in total. The van der Waals surface area contributed by atoms with Gasteiger partial charge in [-0.15, -0.1) is 0 Å². The van der Waals surface area contributed by atoms with Crippen molar-refractivity contribution in [2.45, 2.75) is 90.8 Å². The van der Waals surface area contributed by atoms with Crippen molar-refractivity contribution in [1.29, 1.82) is 0 Å². The van der Waals surface area contributed by atoms with Gasteiger partial charge in [-0.05, 0) is 57.3 Å². The van der Waals surface area contributed by atoms with Gasteiger partial charge in [-0.3, -0.25) is 0 Å². The highest BCUT2D eigenvalue weighted by atomic mass is 28.4. The lowest BCUT2D eigenvalue weighted by Crippen LogP contribution is -2.54. The summed E-state index contributed by atoms with van der Waals surface area (Å²) < 4.78 is 17.6. The smallest absolute Gasteiger partial charge is 0.410 e. The topological polar surface area (TPSA) is 68.3 Å². The van der Waals surface area contributed by atoms with Gasteiger partial charge in [0.1, 0.15) is 12.2 Å². The first-order valence-corrected chi connectivity index (χ1v) is 15.2. The van der Waals surface area contributed by atoms with Gasteiger partial charge in [0, 0.05) is 19.6 Å². The maximum absolute atomic E-state index is 13.1. The quantitative estimate of drug-likeness (QED) is 0.434. The van der Waals surface area contributed by atoms with Crippen LogP contribution in [-0.2, 0) is 20.5 Å². The Bertz CT molecular complexity index is 802. The molecule has 1 aliphatic rings. The number of carbonyl (C=O) groups is 2. The van der Waals surface area contributed by atoms with Crippen LogP contribution in [-0.4, -0.2) is 68.2 Å². The number of ether oxygens (including phenoxy) is 2. The predicted octanol–water partition coefficient (Wildman–Crippen LogP) is 6.05. The van der Waals surface area contributed by atoms with Crippen LogP contribution in [0.5, 0.6) is 0 Å². The number of likely N-dealkylation sites (tertiary alicyclic amines) is 1. The monoisotopic (exact) mass is 492 g/mol. The molecule has 192 valence electrons. The van der Waals surface area contributed by atoms with Crippen LogP contribution in [0, 0.1) is 0 Å². The minimum atomic E-state index is -1.94. The first-order chi connectivity index (χ1) is 15.7. The van der Waals surface area contributed by atoms with Gasteiger partial charge in [-0.25, -0.2) is 9.59 Å². The Morgan fingerprint density at radius 1 is 1.09 bits per heavy atom. The molecule has 7 nitrogen and oxygen atoms in total. The molecule has 0 spiro atoms. The van der Waals surface area contributed by atoms with Crippen molar-refractivity contribution in [1.82, 2.24) is 9.80 Å². The summed E-state index contributed by atoms with van der Waals surface area (Å²) in [5, 5.41) is 0.0912. The van der Waals surface area contributed by atoms with Gasteiger partial charge in [0.05, 0.1) is 12.6 Å². The van der Waals surface area contributed by atoms with Crippen molar-refractivity contribution in [2.75, 3.05) is 26.2 Å². The molecule has 0 saturated carbocycles. The number of hydrogen-bond donors (Lipinski definition) is 0. The van der Waals surface area contributed by atoms with E-state index in [-0.39, 0.29) is 29.9 Å². The van der Waals surface area contributed by atoms with Gasteiger partial charge < -0.3 is 23.7 Å². The van der Waals surface area contributed by atoms with Crippen molar-refractivity contribution in [2.24, 2.45) is 0 Å². The molecule has 0 aromatic heterocycles. The molecule has 1 heterocycles. The van der Waals surface area contributed by atoms with E-state index < -0.39 is 13.9 Å². The van der Waals surface area contributed by atoms with Crippen LogP contribution in [0.3, 0.4) is 0 Å². The highest BCUT2D eigenvalue weighted by molar-refractivity contribution is 6.74. The first kappa shape index (κ1) is 28.2. The van der Waals surface area contributed by atoms with Crippen LogP contribution >= 0.6 is 0 Å². The molecule has 1 aromatic rings. The maximum Gasteiger partial charge on any atom is 0.410 e. The average molecular weight is 493 g/mol. The molecule has 1 aliphatic heterocycles. The number of hydrogen-bond acceptors (Lipinski definition) is 5. The van der Waals surface area contributed by atoms with Crippen LogP contribution in [0.4, 0.5) is 9.59 Å². The number of amides is 2. The summed E-state index contributed by atoms with van der Waals surface area (Å²) in [5.41, 5.74) is 0.348. The van der Waals surface area contributed by atoms with E-state index in [4.69, 9.17) is 13.9 Å². The Kier molecular flexibility index (Phi) is 9.59. The summed E-state index contributed by atoms with van der Waals surface area (Å²) in [5.74, 6) is 0. The Hall–Kier alpha value is -2.06. The number of benzene rings is 1. The SMILES string of the molecule is CC(C)(C)OC(=O)N(CCO[Si](C)(C)C(C)(C)C)[C@@H]1CCCN(C(=O)OCc2ccccc2)C1. The molecule has 0 radical (unpaired) electrons. The molecule has 34 heavy (non-hydrogen) atoms. The molecular weight excluding hydrogens is 448 g/mol. The molecule has 1 fully saturated rings. The molecule has 0 unspecified atom stereocenters. The molecule has 1 aromatic carbocycles. The second-order valence-corrected chi connectivity index (χ2v) is 16.4. The summed E-state index contributed by atoms with van der Waals surface area (Å²) in [6.07, 6.45) is 0.890. The van der Waals surface area contributed by atoms with E-state index in [1.165, 1.54) is 0 Å². The zero-order chi connectivity index (χ0) is 25.6.